The molecule has 0 bridgehead atoms. The Morgan fingerprint density at radius 1 is 1.18 bits per heavy atom. The predicted molar refractivity (Wildman–Crippen MR) is 66.9 cm³/mol. The molecule has 3 nitrogen and oxygen atoms in total. The van der Waals surface area contributed by atoms with Crippen LogP contribution in [0.4, 0.5) is 0 Å². The molecule has 1 saturated heterocycles. The van der Waals surface area contributed by atoms with Gasteiger partial charge in [0.15, 0.2) is 0 Å². The highest BCUT2D eigenvalue weighted by Crippen LogP contribution is 2.17. The van der Waals surface area contributed by atoms with Crippen molar-refractivity contribution in [3.8, 4) is 0 Å². The number of amides is 1. The molecule has 1 aliphatic heterocycles. The monoisotopic (exact) mass is 226 g/mol. The molecule has 1 aromatic heterocycles. The van der Waals surface area contributed by atoms with Gasteiger partial charge in [-0.15, -0.1) is 0 Å². The van der Waals surface area contributed by atoms with Gasteiger partial charge in [-0.2, -0.15) is 0 Å². The number of rotatable bonds is 1. The molecule has 86 valence electrons. The first-order valence-corrected chi connectivity index (χ1v) is 5.99. The Balaban J connectivity index is 1.97. The lowest BCUT2D eigenvalue weighted by atomic mass is 10.1. The standard InChI is InChI=1S/C14H14N2O/c17-14(16-8-1-2-9-16)12-6-5-11-4-3-7-15-13(11)10-12/h3-7,10H,1-2,8-9H2. The van der Waals surface area contributed by atoms with E-state index < -0.39 is 0 Å². The highest BCUT2D eigenvalue weighted by atomic mass is 16.2. The number of likely N-dealkylation sites (tertiary alicyclic amines) is 1. The van der Waals surface area contributed by atoms with Gasteiger partial charge in [-0.25, -0.2) is 0 Å². The van der Waals surface area contributed by atoms with Crippen molar-refractivity contribution in [3.05, 3.63) is 42.1 Å². The number of fused-ring (bicyclic) bond motifs is 1. The average Bonchev–Trinajstić information content (AvgIpc) is 2.91. The van der Waals surface area contributed by atoms with Crippen molar-refractivity contribution in [1.29, 1.82) is 0 Å². The molecule has 17 heavy (non-hydrogen) atoms. The molecule has 0 radical (unpaired) electrons. The molecule has 0 aliphatic carbocycles. The zero-order chi connectivity index (χ0) is 11.7. The van der Waals surface area contributed by atoms with Crippen LogP contribution in [0.2, 0.25) is 0 Å². The fourth-order valence-electron chi connectivity index (χ4n) is 2.30. The Kier molecular flexibility index (Phi) is 2.52. The van der Waals surface area contributed by atoms with Gasteiger partial charge in [0.05, 0.1) is 5.52 Å². The van der Waals surface area contributed by atoms with E-state index in [9.17, 15) is 4.79 Å². The van der Waals surface area contributed by atoms with E-state index in [0.717, 1.165) is 42.4 Å². The average molecular weight is 226 g/mol. The molecule has 0 N–H and O–H groups in total. The first kappa shape index (κ1) is 10.3. The summed E-state index contributed by atoms with van der Waals surface area (Å²) in [5, 5.41) is 1.07. The van der Waals surface area contributed by atoms with Gasteiger partial charge in [0.2, 0.25) is 0 Å². The van der Waals surface area contributed by atoms with Crippen molar-refractivity contribution in [2.24, 2.45) is 0 Å². The quantitative estimate of drug-likeness (QED) is 0.748. The molecule has 0 atom stereocenters. The summed E-state index contributed by atoms with van der Waals surface area (Å²) in [6, 6.07) is 9.66. The minimum atomic E-state index is 0.134. The summed E-state index contributed by atoms with van der Waals surface area (Å²) in [5.74, 6) is 0.134. The van der Waals surface area contributed by atoms with E-state index in [1.54, 1.807) is 6.20 Å². The van der Waals surface area contributed by atoms with Crippen LogP contribution in [-0.4, -0.2) is 28.9 Å². The third-order valence-corrected chi connectivity index (χ3v) is 3.25. The van der Waals surface area contributed by atoms with E-state index in [-0.39, 0.29) is 5.91 Å². The molecular weight excluding hydrogens is 212 g/mol. The van der Waals surface area contributed by atoms with Gasteiger partial charge in [0.1, 0.15) is 0 Å². The van der Waals surface area contributed by atoms with Gasteiger partial charge in [-0.3, -0.25) is 9.78 Å². The molecule has 0 spiro atoms. The van der Waals surface area contributed by atoms with Crippen LogP contribution in [0, 0.1) is 0 Å². The molecular formula is C14H14N2O. The van der Waals surface area contributed by atoms with E-state index >= 15 is 0 Å². The summed E-state index contributed by atoms with van der Waals surface area (Å²) < 4.78 is 0. The predicted octanol–water partition coefficient (Wildman–Crippen LogP) is 2.47. The van der Waals surface area contributed by atoms with Crippen molar-refractivity contribution in [2.75, 3.05) is 13.1 Å². The molecule has 0 unspecified atom stereocenters. The molecule has 2 aromatic rings. The summed E-state index contributed by atoms with van der Waals surface area (Å²) in [6.07, 6.45) is 4.00. The smallest absolute Gasteiger partial charge is 0.253 e. The van der Waals surface area contributed by atoms with Gasteiger partial charge in [0.25, 0.3) is 5.91 Å². The summed E-state index contributed by atoms with van der Waals surface area (Å²) in [5.41, 5.74) is 1.63. The summed E-state index contributed by atoms with van der Waals surface area (Å²) in [7, 11) is 0. The van der Waals surface area contributed by atoms with Crippen LogP contribution in [0.3, 0.4) is 0 Å². The van der Waals surface area contributed by atoms with Crippen molar-refractivity contribution < 1.29 is 4.79 Å². The van der Waals surface area contributed by atoms with Crippen LogP contribution in [0.1, 0.15) is 23.2 Å². The number of hydrogen-bond donors (Lipinski definition) is 0. The van der Waals surface area contributed by atoms with E-state index in [1.807, 2.05) is 35.2 Å². The van der Waals surface area contributed by atoms with Gasteiger partial charge < -0.3 is 4.90 Å². The first-order chi connectivity index (χ1) is 8.34. The first-order valence-electron chi connectivity index (χ1n) is 5.99. The topological polar surface area (TPSA) is 33.2 Å². The minimum Gasteiger partial charge on any atom is -0.339 e. The Bertz CT molecular complexity index is 559. The van der Waals surface area contributed by atoms with Crippen molar-refractivity contribution in [1.82, 2.24) is 9.88 Å². The number of hydrogen-bond acceptors (Lipinski definition) is 2. The fourth-order valence-corrected chi connectivity index (χ4v) is 2.30. The zero-order valence-corrected chi connectivity index (χ0v) is 9.60. The molecule has 3 heteroatoms. The number of benzene rings is 1. The Hall–Kier alpha value is -1.90. The lowest BCUT2D eigenvalue weighted by Crippen LogP contribution is -2.27. The molecule has 1 amide bonds. The van der Waals surface area contributed by atoms with E-state index in [2.05, 4.69) is 4.98 Å². The maximum absolute atomic E-state index is 12.2. The second-order valence-electron chi connectivity index (χ2n) is 4.41. The van der Waals surface area contributed by atoms with Crippen LogP contribution in [-0.2, 0) is 0 Å². The SMILES string of the molecule is O=C(c1ccc2cccnc2c1)N1CCCC1. The Labute approximate surface area is 100 Å². The highest BCUT2D eigenvalue weighted by molar-refractivity contribution is 5.97. The number of carbonyl (C=O) groups is 1. The van der Waals surface area contributed by atoms with E-state index in [0.29, 0.717) is 0 Å². The van der Waals surface area contributed by atoms with Gasteiger partial charge in [-0.05, 0) is 31.0 Å². The molecule has 3 rings (SSSR count). The highest BCUT2D eigenvalue weighted by Gasteiger charge is 2.19. The zero-order valence-electron chi connectivity index (χ0n) is 9.60. The van der Waals surface area contributed by atoms with Gasteiger partial charge >= 0.3 is 0 Å². The largest absolute Gasteiger partial charge is 0.339 e. The number of pyridine rings is 1. The number of carbonyl (C=O) groups excluding carboxylic acids is 1. The van der Waals surface area contributed by atoms with Crippen LogP contribution >= 0.6 is 0 Å². The van der Waals surface area contributed by atoms with Crippen molar-refractivity contribution in [2.45, 2.75) is 12.8 Å². The number of nitrogens with zero attached hydrogens (tertiary/aromatic N) is 2. The molecule has 1 aromatic carbocycles. The summed E-state index contributed by atoms with van der Waals surface area (Å²) in [4.78, 5) is 18.4. The van der Waals surface area contributed by atoms with Gasteiger partial charge in [0, 0.05) is 30.2 Å². The second-order valence-corrected chi connectivity index (χ2v) is 4.41. The van der Waals surface area contributed by atoms with E-state index in [1.165, 1.54) is 0 Å². The Morgan fingerprint density at radius 3 is 2.82 bits per heavy atom. The lowest BCUT2D eigenvalue weighted by molar-refractivity contribution is 0.0793. The van der Waals surface area contributed by atoms with Crippen molar-refractivity contribution in [3.63, 3.8) is 0 Å². The molecule has 2 heterocycles. The van der Waals surface area contributed by atoms with Crippen LogP contribution < -0.4 is 0 Å². The van der Waals surface area contributed by atoms with Crippen LogP contribution in [0.15, 0.2) is 36.5 Å². The third kappa shape index (κ3) is 1.88. The molecule has 1 aliphatic rings. The number of aromatic nitrogens is 1. The fraction of sp³-hybridized carbons (Fsp3) is 0.286. The molecule has 1 fully saturated rings. The maximum atomic E-state index is 12.2. The van der Waals surface area contributed by atoms with Gasteiger partial charge in [-0.1, -0.05) is 12.1 Å². The van der Waals surface area contributed by atoms with Crippen molar-refractivity contribution >= 4 is 16.8 Å². The summed E-state index contributed by atoms with van der Waals surface area (Å²) in [6.45, 7) is 1.78. The second kappa shape index (κ2) is 4.17. The third-order valence-electron chi connectivity index (χ3n) is 3.25. The molecule has 0 saturated carbocycles. The normalized spacial score (nSPS) is 15.4. The Morgan fingerprint density at radius 2 is 2.00 bits per heavy atom. The minimum absolute atomic E-state index is 0.134. The maximum Gasteiger partial charge on any atom is 0.253 e. The van der Waals surface area contributed by atoms with Crippen LogP contribution in [0.5, 0.6) is 0 Å². The lowest BCUT2D eigenvalue weighted by Gasteiger charge is -2.15. The summed E-state index contributed by atoms with van der Waals surface area (Å²) >= 11 is 0. The van der Waals surface area contributed by atoms with Crippen LogP contribution in [0.25, 0.3) is 10.9 Å². The van der Waals surface area contributed by atoms with E-state index in [4.69, 9.17) is 0 Å².